The van der Waals surface area contributed by atoms with Crippen LogP contribution in [0, 0.1) is 0 Å². The first kappa shape index (κ1) is 22.5. The molecule has 168 valence electrons. The number of fused-ring (bicyclic) bond motifs is 1. The van der Waals surface area contributed by atoms with Crippen LogP contribution in [-0.2, 0) is 34.1 Å². The molecule has 4 rings (SSSR count). The van der Waals surface area contributed by atoms with Crippen molar-refractivity contribution in [1.82, 2.24) is 19.2 Å². The van der Waals surface area contributed by atoms with Crippen molar-refractivity contribution in [1.29, 1.82) is 0 Å². The molecule has 0 bridgehead atoms. The van der Waals surface area contributed by atoms with Crippen molar-refractivity contribution in [2.45, 2.75) is 23.6 Å². The van der Waals surface area contributed by atoms with E-state index in [1.165, 1.54) is 7.11 Å². The minimum Gasteiger partial charge on any atom is -0.465 e. The highest BCUT2D eigenvalue weighted by molar-refractivity contribution is 7.91. The van der Waals surface area contributed by atoms with E-state index in [2.05, 4.69) is 14.3 Å². The Hall–Kier alpha value is -2.67. The Labute approximate surface area is 193 Å². The highest BCUT2D eigenvalue weighted by Gasteiger charge is 2.35. The molecule has 1 aliphatic rings. The molecule has 1 amide bonds. The van der Waals surface area contributed by atoms with Crippen LogP contribution in [0.4, 0.5) is 0 Å². The Morgan fingerprint density at radius 1 is 1.25 bits per heavy atom. The fourth-order valence-corrected chi connectivity index (χ4v) is 6.91. The average Bonchev–Trinajstić information content (AvgIpc) is 3.47. The molecule has 0 unspecified atom stereocenters. The Bertz CT molecular complexity index is 1220. The Balaban J connectivity index is 1.58. The molecule has 1 aromatic carbocycles. The average molecular weight is 493 g/mol. The summed E-state index contributed by atoms with van der Waals surface area (Å²) in [5, 5.41) is 5.38. The van der Waals surface area contributed by atoms with Crippen molar-refractivity contribution in [3.05, 3.63) is 63.0 Å². The van der Waals surface area contributed by atoms with Crippen LogP contribution < -0.4 is 4.72 Å². The van der Waals surface area contributed by atoms with E-state index >= 15 is 0 Å². The molecule has 12 heteroatoms. The molecule has 2 aromatic heterocycles. The number of thiophene rings is 1. The number of rotatable bonds is 7. The summed E-state index contributed by atoms with van der Waals surface area (Å²) < 4.78 is 37.3. The molecule has 3 aromatic rings. The molecule has 0 radical (unpaired) electrons. The predicted octanol–water partition coefficient (Wildman–Crippen LogP) is 2.11. The lowest BCUT2D eigenvalue weighted by molar-refractivity contribution is 0.0595. The van der Waals surface area contributed by atoms with Gasteiger partial charge in [0.2, 0.25) is 0 Å². The van der Waals surface area contributed by atoms with E-state index in [-0.39, 0.29) is 34.5 Å². The summed E-state index contributed by atoms with van der Waals surface area (Å²) in [5.41, 5.74) is 1.92. The number of benzene rings is 1. The molecule has 3 heterocycles. The van der Waals surface area contributed by atoms with E-state index in [9.17, 15) is 18.0 Å². The number of nitrogens with zero attached hydrogens (tertiary/aromatic N) is 3. The number of methoxy groups -OCH3 is 1. The molecule has 1 N–H and O–H groups in total. The first-order chi connectivity index (χ1) is 15.4. The van der Waals surface area contributed by atoms with Gasteiger partial charge in [-0.1, -0.05) is 34.8 Å². The largest absolute Gasteiger partial charge is 0.465 e. The van der Waals surface area contributed by atoms with Gasteiger partial charge in [-0.05, 0) is 35.5 Å². The SMILES string of the molecule is COC(=O)c1c(S(=O)(=O)NCCc2ccccc2)sc2c1CCN(C(=O)c1csnn1)C2. The number of hydrogen-bond acceptors (Lipinski definition) is 9. The van der Waals surface area contributed by atoms with Crippen molar-refractivity contribution in [3.63, 3.8) is 0 Å². The normalized spacial score (nSPS) is 13.6. The van der Waals surface area contributed by atoms with Gasteiger partial charge in [-0.25, -0.2) is 17.9 Å². The number of hydrogen-bond donors (Lipinski definition) is 1. The van der Waals surface area contributed by atoms with Crippen LogP contribution in [0.25, 0.3) is 0 Å². The number of ether oxygens (including phenoxy) is 1. The standard InChI is InChI=1S/C20H20N4O5S3/c1-29-19(26)17-14-8-10-24(18(25)15-12-30-23-22-15)11-16(14)31-20(17)32(27,28)21-9-7-13-5-3-2-4-6-13/h2-6,12,21H,7-11H2,1H3. The van der Waals surface area contributed by atoms with Gasteiger partial charge in [0.15, 0.2) is 5.69 Å². The lowest BCUT2D eigenvalue weighted by Crippen LogP contribution is -2.36. The number of carbonyl (C=O) groups excluding carboxylic acids is 2. The van der Waals surface area contributed by atoms with Crippen LogP contribution >= 0.6 is 22.9 Å². The summed E-state index contributed by atoms with van der Waals surface area (Å²) >= 11 is 2.08. The lowest BCUT2D eigenvalue weighted by Gasteiger charge is -2.26. The van der Waals surface area contributed by atoms with Crippen molar-refractivity contribution < 1.29 is 22.7 Å². The number of aromatic nitrogens is 2. The maximum absolute atomic E-state index is 13.1. The van der Waals surface area contributed by atoms with E-state index in [0.717, 1.165) is 28.4 Å². The third-order valence-electron chi connectivity index (χ3n) is 5.07. The van der Waals surface area contributed by atoms with E-state index in [1.54, 1.807) is 10.3 Å². The highest BCUT2D eigenvalue weighted by atomic mass is 32.2. The van der Waals surface area contributed by atoms with Gasteiger partial charge in [0.1, 0.15) is 4.21 Å². The molecule has 1 aliphatic heterocycles. The quantitative estimate of drug-likeness (QED) is 0.502. The zero-order valence-corrected chi connectivity index (χ0v) is 19.6. The molecular weight excluding hydrogens is 472 g/mol. The summed E-state index contributed by atoms with van der Waals surface area (Å²) in [6.45, 7) is 0.724. The van der Waals surface area contributed by atoms with E-state index in [0.29, 0.717) is 29.8 Å². The zero-order chi connectivity index (χ0) is 22.7. The van der Waals surface area contributed by atoms with Gasteiger partial charge in [-0.2, -0.15) is 0 Å². The minimum absolute atomic E-state index is 0.0575. The fourth-order valence-electron chi connectivity index (χ4n) is 3.51. The summed E-state index contributed by atoms with van der Waals surface area (Å²) in [7, 11) is -2.73. The lowest BCUT2D eigenvalue weighted by atomic mass is 10.0. The van der Waals surface area contributed by atoms with Gasteiger partial charge in [-0.3, -0.25) is 4.79 Å². The summed E-state index contributed by atoms with van der Waals surface area (Å²) in [4.78, 5) is 27.4. The van der Waals surface area contributed by atoms with E-state index < -0.39 is 16.0 Å². The second kappa shape index (κ2) is 9.45. The maximum atomic E-state index is 13.1. The zero-order valence-electron chi connectivity index (χ0n) is 17.1. The van der Waals surface area contributed by atoms with Gasteiger partial charge in [0.25, 0.3) is 15.9 Å². The van der Waals surface area contributed by atoms with Crippen LogP contribution in [-0.4, -0.2) is 55.0 Å². The molecule has 0 spiro atoms. The first-order valence-corrected chi connectivity index (χ1v) is 12.9. The van der Waals surface area contributed by atoms with Crippen LogP contribution in [0.15, 0.2) is 39.9 Å². The molecule has 0 saturated heterocycles. The van der Waals surface area contributed by atoms with Crippen LogP contribution in [0.5, 0.6) is 0 Å². The van der Waals surface area contributed by atoms with Crippen molar-refractivity contribution in [2.24, 2.45) is 0 Å². The summed E-state index contributed by atoms with van der Waals surface area (Å²) in [6.07, 6.45) is 0.863. The van der Waals surface area contributed by atoms with E-state index in [4.69, 9.17) is 4.74 Å². The molecule has 0 fully saturated rings. The number of amides is 1. The second-order valence-electron chi connectivity index (χ2n) is 7.06. The second-order valence-corrected chi connectivity index (χ2v) is 10.7. The molecule has 0 saturated carbocycles. The number of sulfonamides is 1. The number of carbonyl (C=O) groups is 2. The predicted molar refractivity (Wildman–Crippen MR) is 119 cm³/mol. The number of esters is 1. The van der Waals surface area contributed by atoms with Crippen LogP contribution in [0.1, 0.15) is 36.9 Å². The Kier molecular flexibility index (Phi) is 6.65. The molecule has 0 atom stereocenters. The van der Waals surface area contributed by atoms with Crippen LogP contribution in [0.3, 0.4) is 0 Å². The smallest absolute Gasteiger partial charge is 0.340 e. The van der Waals surface area contributed by atoms with Crippen molar-refractivity contribution in [3.8, 4) is 0 Å². The fraction of sp³-hybridized carbons (Fsp3) is 0.300. The van der Waals surface area contributed by atoms with Crippen molar-refractivity contribution >= 4 is 44.8 Å². The maximum Gasteiger partial charge on any atom is 0.340 e. The minimum atomic E-state index is -3.95. The number of nitrogens with one attached hydrogen (secondary N) is 1. The van der Waals surface area contributed by atoms with Gasteiger partial charge in [-0.15, -0.1) is 16.4 Å². The Morgan fingerprint density at radius 3 is 2.72 bits per heavy atom. The van der Waals surface area contributed by atoms with Crippen LogP contribution in [0.2, 0.25) is 0 Å². The van der Waals surface area contributed by atoms with Crippen molar-refractivity contribution in [2.75, 3.05) is 20.2 Å². The van der Waals surface area contributed by atoms with Gasteiger partial charge >= 0.3 is 5.97 Å². The van der Waals surface area contributed by atoms with Gasteiger partial charge in [0.05, 0.1) is 19.2 Å². The molecule has 9 nitrogen and oxygen atoms in total. The molecule has 0 aliphatic carbocycles. The third-order valence-corrected chi connectivity index (χ3v) is 8.77. The highest BCUT2D eigenvalue weighted by Crippen LogP contribution is 2.37. The van der Waals surface area contributed by atoms with E-state index in [1.807, 2.05) is 30.3 Å². The Morgan fingerprint density at radius 2 is 2.03 bits per heavy atom. The summed E-state index contributed by atoms with van der Waals surface area (Å²) in [5.74, 6) is -0.975. The first-order valence-electron chi connectivity index (χ1n) is 9.73. The van der Waals surface area contributed by atoms with Gasteiger partial charge in [0, 0.05) is 23.3 Å². The topological polar surface area (TPSA) is 119 Å². The third kappa shape index (κ3) is 4.58. The summed E-state index contributed by atoms with van der Waals surface area (Å²) in [6, 6.07) is 9.51. The molecular formula is C20H20N4O5S3. The molecule has 32 heavy (non-hydrogen) atoms. The van der Waals surface area contributed by atoms with Gasteiger partial charge < -0.3 is 9.64 Å². The monoisotopic (exact) mass is 492 g/mol.